The number of carbonyl (C=O) groups is 1. The van der Waals surface area contributed by atoms with Gasteiger partial charge >= 0.3 is 0 Å². The van der Waals surface area contributed by atoms with Crippen molar-refractivity contribution in [1.29, 1.82) is 0 Å². The van der Waals surface area contributed by atoms with Crippen LogP contribution in [0.4, 0.5) is 0 Å². The van der Waals surface area contributed by atoms with E-state index >= 15 is 0 Å². The van der Waals surface area contributed by atoms with Crippen molar-refractivity contribution in [2.75, 3.05) is 6.54 Å². The zero-order valence-corrected chi connectivity index (χ0v) is 13.7. The van der Waals surface area contributed by atoms with E-state index in [1.54, 1.807) is 29.5 Å². The van der Waals surface area contributed by atoms with Gasteiger partial charge in [-0.25, -0.2) is 0 Å². The quantitative estimate of drug-likeness (QED) is 0.885. The number of likely N-dealkylation sites (tertiary alicyclic amines) is 1. The van der Waals surface area contributed by atoms with Crippen LogP contribution in [0.3, 0.4) is 0 Å². The lowest BCUT2D eigenvalue weighted by molar-refractivity contribution is -0.131. The Balaban J connectivity index is 1.63. The van der Waals surface area contributed by atoms with Gasteiger partial charge < -0.3 is 15.1 Å². The highest BCUT2D eigenvalue weighted by atomic mass is 32.1. The summed E-state index contributed by atoms with van der Waals surface area (Å²) in [4.78, 5) is 15.4. The van der Waals surface area contributed by atoms with Crippen molar-refractivity contribution in [1.82, 2.24) is 4.90 Å². The molecule has 0 aliphatic carbocycles. The average Bonchev–Trinajstić information content (AvgIpc) is 3.18. The molecule has 2 N–H and O–H groups in total. The van der Waals surface area contributed by atoms with E-state index in [9.17, 15) is 15.0 Å². The summed E-state index contributed by atoms with van der Waals surface area (Å²) >= 11 is 1.55. The maximum Gasteiger partial charge on any atom is 0.227 e. The summed E-state index contributed by atoms with van der Waals surface area (Å²) in [6, 6.07) is 10.8. The fourth-order valence-electron chi connectivity index (χ4n) is 3.21. The van der Waals surface area contributed by atoms with Gasteiger partial charge in [0.2, 0.25) is 5.91 Å². The zero-order chi connectivity index (χ0) is 16.2. The van der Waals surface area contributed by atoms with Crippen LogP contribution in [0.1, 0.15) is 35.8 Å². The largest absolute Gasteiger partial charge is 0.508 e. The highest BCUT2D eigenvalue weighted by Gasteiger charge is 2.30. The number of amides is 1. The number of benzene rings is 1. The van der Waals surface area contributed by atoms with Crippen LogP contribution in [0.5, 0.6) is 5.75 Å². The summed E-state index contributed by atoms with van der Waals surface area (Å²) in [6.45, 7) is 0.749. The summed E-state index contributed by atoms with van der Waals surface area (Å²) < 4.78 is 0. The van der Waals surface area contributed by atoms with Crippen LogP contribution in [0.15, 0.2) is 41.8 Å². The van der Waals surface area contributed by atoms with Crippen LogP contribution < -0.4 is 0 Å². The number of aliphatic hydroxyl groups excluding tert-OH is 1. The predicted molar refractivity (Wildman–Crippen MR) is 90.4 cm³/mol. The topological polar surface area (TPSA) is 60.8 Å². The molecule has 0 radical (unpaired) electrons. The highest BCUT2D eigenvalue weighted by molar-refractivity contribution is 7.10. The van der Waals surface area contributed by atoms with Gasteiger partial charge in [0.15, 0.2) is 0 Å². The molecule has 1 aromatic carbocycles. The second-order valence-electron chi connectivity index (χ2n) is 6.00. The molecule has 2 atom stereocenters. The maximum atomic E-state index is 12.6. The molecule has 4 nitrogen and oxygen atoms in total. The van der Waals surface area contributed by atoms with Gasteiger partial charge in [0.05, 0.1) is 12.5 Å². The summed E-state index contributed by atoms with van der Waals surface area (Å²) in [5.41, 5.74) is 0.819. The molecule has 5 heteroatoms. The first-order chi connectivity index (χ1) is 11.1. The summed E-state index contributed by atoms with van der Waals surface area (Å²) in [7, 11) is 0. The number of thiophene rings is 1. The minimum Gasteiger partial charge on any atom is -0.508 e. The zero-order valence-electron chi connectivity index (χ0n) is 12.9. The number of carbonyl (C=O) groups excluding carboxylic acids is 1. The Labute approximate surface area is 140 Å². The predicted octanol–water partition coefficient (Wildman–Crippen LogP) is 3.11. The molecule has 1 aliphatic heterocycles. The molecular weight excluding hydrogens is 310 g/mol. The Morgan fingerprint density at radius 3 is 2.96 bits per heavy atom. The minimum absolute atomic E-state index is 0.0662. The van der Waals surface area contributed by atoms with Crippen LogP contribution >= 0.6 is 11.3 Å². The van der Waals surface area contributed by atoms with Crippen LogP contribution in [-0.2, 0) is 11.2 Å². The van der Waals surface area contributed by atoms with Gasteiger partial charge in [-0.15, -0.1) is 11.3 Å². The summed E-state index contributed by atoms with van der Waals surface area (Å²) in [5, 5.41) is 21.8. The molecule has 0 spiro atoms. The molecular formula is C18H21NO3S. The van der Waals surface area contributed by atoms with Crippen molar-refractivity contribution < 1.29 is 15.0 Å². The van der Waals surface area contributed by atoms with E-state index < -0.39 is 6.10 Å². The van der Waals surface area contributed by atoms with E-state index in [-0.39, 0.29) is 17.7 Å². The number of nitrogens with zero attached hydrogens (tertiary/aromatic N) is 1. The van der Waals surface area contributed by atoms with Crippen LogP contribution in [-0.4, -0.2) is 33.6 Å². The molecule has 1 saturated heterocycles. The molecule has 0 saturated carbocycles. The van der Waals surface area contributed by atoms with Crippen molar-refractivity contribution in [2.45, 2.75) is 37.8 Å². The number of hydrogen-bond acceptors (Lipinski definition) is 4. The third-order valence-electron chi connectivity index (χ3n) is 4.33. The normalized spacial score (nSPS) is 19.0. The molecule has 1 aromatic heterocycles. The second-order valence-corrected chi connectivity index (χ2v) is 6.98. The molecule has 1 aliphatic rings. The lowest BCUT2D eigenvalue weighted by Gasteiger charge is -2.26. The molecule has 1 fully saturated rings. The van der Waals surface area contributed by atoms with Gasteiger partial charge in [0.1, 0.15) is 5.75 Å². The van der Waals surface area contributed by atoms with Crippen molar-refractivity contribution in [2.24, 2.45) is 0 Å². The smallest absolute Gasteiger partial charge is 0.227 e. The van der Waals surface area contributed by atoms with Gasteiger partial charge in [-0.3, -0.25) is 4.79 Å². The molecule has 1 amide bonds. The first kappa shape index (κ1) is 16.0. The number of aliphatic hydroxyl groups is 1. The average molecular weight is 331 g/mol. The van der Waals surface area contributed by atoms with E-state index in [0.717, 1.165) is 29.8 Å². The Kier molecular flexibility index (Phi) is 4.98. The molecule has 23 heavy (non-hydrogen) atoms. The van der Waals surface area contributed by atoms with Gasteiger partial charge in [-0.2, -0.15) is 0 Å². The van der Waals surface area contributed by atoms with Crippen LogP contribution in [0.2, 0.25) is 0 Å². The molecule has 0 unspecified atom stereocenters. The maximum absolute atomic E-state index is 12.6. The summed E-state index contributed by atoms with van der Waals surface area (Å²) in [6.07, 6.45) is 2.29. The number of rotatable bonds is 5. The van der Waals surface area contributed by atoms with Crippen LogP contribution in [0.25, 0.3) is 0 Å². The Bertz CT molecular complexity index is 656. The Morgan fingerprint density at radius 1 is 1.35 bits per heavy atom. The molecule has 0 bridgehead atoms. The fraction of sp³-hybridized carbons (Fsp3) is 0.389. The number of aromatic hydroxyl groups is 1. The van der Waals surface area contributed by atoms with Gasteiger partial charge in [0.25, 0.3) is 0 Å². The first-order valence-corrected chi connectivity index (χ1v) is 8.80. The Morgan fingerprint density at radius 2 is 2.22 bits per heavy atom. The monoisotopic (exact) mass is 331 g/mol. The highest BCUT2D eigenvalue weighted by Crippen LogP contribution is 2.30. The number of phenolic OH excluding ortho intramolecular Hbond substituents is 1. The SMILES string of the molecule is O=C(Cc1cccc(O)c1)N1CCC[C@H]1C[C@H](O)c1cccs1. The van der Waals surface area contributed by atoms with Crippen molar-refractivity contribution in [3.05, 3.63) is 52.2 Å². The van der Waals surface area contributed by atoms with Gasteiger partial charge in [-0.1, -0.05) is 18.2 Å². The fourth-order valence-corrected chi connectivity index (χ4v) is 3.93. The van der Waals surface area contributed by atoms with Crippen LogP contribution in [0, 0.1) is 0 Å². The number of hydrogen-bond donors (Lipinski definition) is 2. The van der Waals surface area contributed by atoms with E-state index in [2.05, 4.69) is 0 Å². The lowest BCUT2D eigenvalue weighted by Crippen LogP contribution is -2.37. The number of phenols is 1. The molecule has 2 heterocycles. The van der Waals surface area contributed by atoms with Gasteiger partial charge in [-0.05, 0) is 48.4 Å². The lowest BCUT2D eigenvalue weighted by atomic mass is 10.0. The van der Waals surface area contributed by atoms with E-state index in [1.165, 1.54) is 0 Å². The standard InChI is InChI=1S/C18H21NO3S/c20-15-6-1-4-13(10-15)11-18(22)19-8-2-5-14(19)12-16(21)17-7-3-9-23-17/h1,3-4,6-7,9-10,14,16,20-21H,2,5,8,11-12H2/t14-,16-/m0/s1. The van der Waals surface area contributed by atoms with Crippen molar-refractivity contribution in [3.8, 4) is 5.75 Å². The molecule has 2 aromatic rings. The van der Waals surface area contributed by atoms with E-state index in [0.29, 0.717) is 12.8 Å². The minimum atomic E-state index is -0.505. The van der Waals surface area contributed by atoms with Crippen molar-refractivity contribution in [3.63, 3.8) is 0 Å². The Hall–Kier alpha value is -1.85. The first-order valence-electron chi connectivity index (χ1n) is 7.92. The van der Waals surface area contributed by atoms with Crippen molar-refractivity contribution >= 4 is 17.2 Å². The third kappa shape index (κ3) is 3.92. The summed E-state index contributed by atoms with van der Waals surface area (Å²) in [5.74, 6) is 0.248. The third-order valence-corrected chi connectivity index (χ3v) is 5.30. The molecule has 122 valence electrons. The van der Waals surface area contributed by atoms with Gasteiger partial charge in [0, 0.05) is 17.5 Å². The van der Waals surface area contributed by atoms with E-state index in [1.807, 2.05) is 28.5 Å². The molecule has 3 rings (SSSR count). The second kappa shape index (κ2) is 7.15. The van der Waals surface area contributed by atoms with E-state index in [4.69, 9.17) is 0 Å².